The Labute approximate surface area is 173 Å². The summed E-state index contributed by atoms with van der Waals surface area (Å²) in [6, 6.07) is 1.25. The SMILES string of the molecule is CC(C)c1cnn2c(N(C(=O)OC(C)(C)C)C(C)c3nccs3)cc(Cl)nc12. The summed E-state index contributed by atoms with van der Waals surface area (Å²) >= 11 is 7.80. The van der Waals surface area contributed by atoms with E-state index in [1.54, 1.807) is 23.0 Å². The molecule has 0 saturated carbocycles. The molecule has 0 saturated heterocycles. The monoisotopic (exact) mass is 421 g/mol. The van der Waals surface area contributed by atoms with E-state index in [1.165, 1.54) is 16.2 Å². The van der Waals surface area contributed by atoms with Gasteiger partial charge < -0.3 is 4.74 Å². The van der Waals surface area contributed by atoms with Gasteiger partial charge in [0.05, 0.1) is 12.2 Å². The standard InChI is InChI=1S/C19H24ClN5O2S/c1-11(2)13-10-22-25-15(9-14(20)23-16(13)25)24(18(26)27-19(4,5)6)12(3)17-21-7-8-28-17/h7-12H,1-6H3. The summed E-state index contributed by atoms with van der Waals surface area (Å²) < 4.78 is 7.31. The number of hydrogen-bond acceptors (Lipinski definition) is 6. The Morgan fingerprint density at radius 3 is 2.61 bits per heavy atom. The largest absolute Gasteiger partial charge is 0.443 e. The molecule has 28 heavy (non-hydrogen) atoms. The van der Waals surface area contributed by atoms with Crippen LogP contribution < -0.4 is 4.90 Å². The third-order valence-corrected chi connectivity index (χ3v) is 5.24. The van der Waals surface area contributed by atoms with E-state index in [-0.39, 0.29) is 17.1 Å². The molecular weight excluding hydrogens is 398 g/mol. The Balaban J connectivity index is 2.19. The fraction of sp³-hybridized carbons (Fsp3) is 0.474. The van der Waals surface area contributed by atoms with Crippen LogP contribution in [0.15, 0.2) is 23.8 Å². The zero-order chi connectivity index (χ0) is 20.6. The van der Waals surface area contributed by atoms with E-state index in [9.17, 15) is 4.79 Å². The minimum atomic E-state index is -0.652. The van der Waals surface area contributed by atoms with Crippen LogP contribution in [0, 0.1) is 0 Å². The van der Waals surface area contributed by atoms with Gasteiger partial charge in [-0.3, -0.25) is 4.90 Å². The van der Waals surface area contributed by atoms with Crippen molar-refractivity contribution >= 4 is 40.5 Å². The Morgan fingerprint density at radius 2 is 2.04 bits per heavy atom. The molecule has 0 aliphatic heterocycles. The molecule has 1 amide bonds. The predicted molar refractivity (Wildman–Crippen MR) is 111 cm³/mol. The first-order chi connectivity index (χ1) is 13.1. The lowest BCUT2D eigenvalue weighted by Gasteiger charge is -2.31. The van der Waals surface area contributed by atoms with Crippen molar-refractivity contribution in [1.29, 1.82) is 0 Å². The number of thiazole rings is 1. The quantitative estimate of drug-likeness (QED) is 0.522. The molecule has 150 valence electrons. The van der Waals surface area contributed by atoms with Crippen molar-refractivity contribution in [3.63, 3.8) is 0 Å². The molecule has 0 spiro atoms. The smallest absolute Gasteiger partial charge is 0.416 e. The van der Waals surface area contributed by atoms with Gasteiger partial charge in [0.15, 0.2) is 5.65 Å². The van der Waals surface area contributed by atoms with Gasteiger partial charge in [-0.25, -0.2) is 14.8 Å². The molecule has 3 aromatic rings. The molecule has 0 radical (unpaired) electrons. The average molecular weight is 422 g/mol. The Morgan fingerprint density at radius 1 is 1.32 bits per heavy atom. The minimum absolute atomic E-state index is 0.211. The number of anilines is 1. The molecule has 0 N–H and O–H groups in total. The number of ether oxygens (including phenoxy) is 1. The first-order valence-corrected chi connectivity index (χ1v) is 10.3. The number of carbonyl (C=O) groups excluding carboxylic acids is 1. The second-order valence-corrected chi connectivity index (χ2v) is 9.14. The van der Waals surface area contributed by atoms with Gasteiger partial charge in [0, 0.05) is 23.2 Å². The summed E-state index contributed by atoms with van der Waals surface area (Å²) in [7, 11) is 0. The molecule has 0 bridgehead atoms. The highest BCUT2D eigenvalue weighted by Gasteiger charge is 2.32. The lowest BCUT2D eigenvalue weighted by Crippen LogP contribution is -2.39. The molecule has 0 aliphatic rings. The van der Waals surface area contributed by atoms with Crippen LogP contribution in [0.4, 0.5) is 10.6 Å². The van der Waals surface area contributed by atoms with E-state index in [2.05, 4.69) is 28.9 Å². The van der Waals surface area contributed by atoms with Gasteiger partial charge in [0.2, 0.25) is 0 Å². The van der Waals surface area contributed by atoms with Gasteiger partial charge in [0.25, 0.3) is 0 Å². The van der Waals surface area contributed by atoms with Crippen LogP contribution in [0.5, 0.6) is 0 Å². The number of amides is 1. The van der Waals surface area contributed by atoms with Crippen molar-refractivity contribution in [2.45, 2.75) is 59.1 Å². The average Bonchev–Trinajstić information content (AvgIpc) is 3.22. The summed E-state index contributed by atoms with van der Waals surface area (Å²) in [6.07, 6.45) is 2.97. The molecule has 1 unspecified atom stereocenters. The van der Waals surface area contributed by atoms with Crippen molar-refractivity contribution < 1.29 is 9.53 Å². The fourth-order valence-electron chi connectivity index (χ4n) is 2.83. The third kappa shape index (κ3) is 4.12. The number of nitrogens with zero attached hydrogens (tertiary/aromatic N) is 5. The van der Waals surface area contributed by atoms with Gasteiger partial charge in [-0.15, -0.1) is 11.3 Å². The Hall–Kier alpha value is -2.19. The van der Waals surface area contributed by atoms with E-state index in [4.69, 9.17) is 16.3 Å². The number of carbonyl (C=O) groups is 1. The van der Waals surface area contributed by atoms with Crippen molar-refractivity contribution in [1.82, 2.24) is 19.6 Å². The molecule has 0 fully saturated rings. The zero-order valence-electron chi connectivity index (χ0n) is 16.8. The van der Waals surface area contributed by atoms with Crippen LogP contribution in [0.25, 0.3) is 5.65 Å². The third-order valence-electron chi connectivity index (χ3n) is 4.10. The second-order valence-electron chi connectivity index (χ2n) is 7.82. The van der Waals surface area contributed by atoms with E-state index < -0.39 is 11.7 Å². The second kappa shape index (κ2) is 7.67. The highest BCUT2D eigenvalue weighted by atomic mass is 35.5. The maximum atomic E-state index is 13.2. The van der Waals surface area contributed by atoms with Gasteiger partial charge in [-0.1, -0.05) is 25.4 Å². The van der Waals surface area contributed by atoms with Crippen LogP contribution >= 0.6 is 22.9 Å². The molecule has 3 heterocycles. The van der Waals surface area contributed by atoms with E-state index in [0.717, 1.165) is 10.6 Å². The lowest BCUT2D eigenvalue weighted by atomic mass is 10.1. The number of fused-ring (bicyclic) bond motifs is 1. The highest BCUT2D eigenvalue weighted by Crippen LogP contribution is 2.33. The lowest BCUT2D eigenvalue weighted by molar-refractivity contribution is 0.0565. The maximum Gasteiger partial charge on any atom is 0.416 e. The summed E-state index contributed by atoms with van der Waals surface area (Å²) in [5, 5.41) is 7.41. The molecular formula is C19H24ClN5O2S. The predicted octanol–water partition coefficient (Wildman–Crippen LogP) is 5.47. The summed E-state index contributed by atoms with van der Waals surface area (Å²) in [5.74, 6) is 0.696. The molecule has 3 rings (SSSR count). The molecule has 0 aromatic carbocycles. The van der Waals surface area contributed by atoms with Crippen molar-refractivity contribution in [2.75, 3.05) is 4.90 Å². The Bertz CT molecular complexity index is 978. The van der Waals surface area contributed by atoms with Crippen LogP contribution in [0.2, 0.25) is 5.15 Å². The molecule has 3 aromatic heterocycles. The molecule has 1 atom stereocenters. The van der Waals surface area contributed by atoms with Gasteiger partial charge in [-0.05, 0) is 33.6 Å². The van der Waals surface area contributed by atoms with Crippen LogP contribution in [-0.2, 0) is 4.74 Å². The topological polar surface area (TPSA) is 72.6 Å². The number of halogens is 1. The molecule has 9 heteroatoms. The highest BCUT2D eigenvalue weighted by molar-refractivity contribution is 7.09. The Kier molecular flexibility index (Phi) is 5.63. The zero-order valence-corrected chi connectivity index (χ0v) is 18.4. The number of rotatable bonds is 4. The van der Waals surface area contributed by atoms with Crippen molar-refractivity contribution in [3.8, 4) is 0 Å². The minimum Gasteiger partial charge on any atom is -0.443 e. The normalized spacial score (nSPS) is 13.1. The van der Waals surface area contributed by atoms with Crippen LogP contribution in [-0.4, -0.2) is 31.3 Å². The molecule has 0 aliphatic carbocycles. The first-order valence-electron chi connectivity index (χ1n) is 9.04. The number of aromatic nitrogens is 4. The van der Waals surface area contributed by atoms with Crippen molar-refractivity contribution in [3.05, 3.63) is 39.6 Å². The summed E-state index contributed by atoms with van der Waals surface area (Å²) in [6.45, 7) is 11.5. The maximum absolute atomic E-state index is 13.2. The van der Waals surface area contributed by atoms with E-state index in [0.29, 0.717) is 11.5 Å². The van der Waals surface area contributed by atoms with Gasteiger partial charge >= 0.3 is 6.09 Å². The van der Waals surface area contributed by atoms with Gasteiger partial charge in [0.1, 0.15) is 21.6 Å². The van der Waals surface area contributed by atoms with E-state index >= 15 is 0 Å². The number of hydrogen-bond donors (Lipinski definition) is 0. The van der Waals surface area contributed by atoms with Crippen molar-refractivity contribution in [2.24, 2.45) is 0 Å². The van der Waals surface area contributed by atoms with Crippen LogP contribution in [0.3, 0.4) is 0 Å². The summed E-state index contributed by atoms with van der Waals surface area (Å²) in [4.78, 5) is 23.5. The van der Waals surface area contributed by atoms with Crippen LogP contribution in [0.1, 0.15) is 64.1 Å². The fourth-order valence-corrected chi connectivity index (χ4v) is 3.69. The van der Waals surface area contributed by atoms with Gasteiger partial charge in [-0.2, -0.15) is 9.61 Å². The molecule has 7 nitrogen and oxygen atoms in total. The first kappa shape index (κ1) is 20.5. The van der Waals surface area contributed by atoms with E-state index in [1.807, 2.05) is 33.1 Å². The summed E-state index contributed by atoms with van der Waals surface area (Å²) in [5.41, 5.74) is 0.924.